The van der Waals surface area contributed by atoms with Crippen molar-refractivity contribution in [3.63, 3.8) is 0 Å². The number of nitrogens with zero attached hydrogens (tertiary/aromatic N) is 4. The number of aromatic nitrogens is 3. The quantitative estimate of drug-likeness (QED) is 0.662. The molecule has 5 rings (SSSR count). The molecule has 1 fully saturated rings. The van der Waals surface area contributed by atoms with Crippen molar-refractivity contribution in [1.29, 1.82) is 0 Å². The number of benzene rings is 2. The van der Waals surface area contributed by atoms with E-state index in [1.165, 1.54) is 5.56 Å². The molecular weight excluding hydrogens is 394 g/mol. The van der Waals surface area contributed by atoms with E-state index in [0.29, 0.717) is 18.5 Å². The van der Waals surface area contributed by atoms with Crippen molar-refractivity contribution in [2.75, 3.05) is 0 Å². The Kier molecular flexibility index (Phi) is 4.43. The van der Waals surface area contributed by atoms with Crippen LogP contribution in [0.3, 0.4) is 0 Å². The van der Waals surface area contributed by atoms with E-state index < -0.39 is 11.9 Å². The first kappa shape index (κ1) is 19.2. The Labute approximate surface area is 178 Å². The first-order valence-electron chi connectivity index (χ1n) is 10.2. The summed E-state index contributed by atoms with van der Waals surface area (Å²) in [6.45, 7) is 2.37. The van der Waals surface area contributed by atoms with E-state index in [1.807, 2.05) is 50.4 Å². The van der Waals surface area contributed by atoms with Gasteiger partial charge < -0.3 is 4.90 Å². The van der Waals surface area contributed by atoms with Crippen LogP contribution in [-0.4, -0.2) is 43.7 Å². The van der Waals surface area contributed by atoms with Gasteiger partial charge in [-0.25, -0.2) is 4.68 Å². The molecule has 1 N–H and O–H groups in total. The molecule has 31 heavy (non-hydrogen) atoms. The predicted octanol–water partition coefficient (Wildman–Crippen LogP) is 2.22. The highest BCUT2D eigenvalue weighted by Crippen LogP contribution is 2.34. The molecule has 156 valence electrons. The molecule has 3 heterocycles. The van der Waals surface area contributed by atoms with Crippen molar-refractivity contribution in [3.05, 3.63) is 59.2 Å². The van der Waals surface area contributed by atoms with Gasteiger partial charge in [-0.15, -0.1) is 5.10 Å². The van der Waals surface area contributed by atoms with Crippen LogP contribution < -0.4 is 5.32 Å². The van der Waals surface area contributed by atoms with Crippen molar-refractivity contribution < 1.29 is 14.4 Å². The lowest BCUT2D eigenvalue weighted by Crippen LogP contribution is -2.52. The summed E-state index contributed by atoms with van der Waals surface area (Å²) in [4.78, 5) is 38.2. The number of piperidine rings is 1. The predicted molar refractivity (Wildman–Crippen MR) is 113 cm³/mol. The molecule has 2 aromatic carbocycles. The maximum atomic E-state index is 12.9. The number of rotatable bonds is 3. The van der Waals surface area contributed by atoms with Gasteiger partial charge in [0.25, 0.3) is 5.91 Å². The summed E-state index contributed by atoms with van der Waals surface area (Å²) in [7, 11) is 1.85. The zero-order valence-corrected chi connectivity index (χ0v) is 17.3. The first-order chi connectivity index (χ1) is 14.9. The zero-order valence-electron chi connectivity index (χ0n) is 17.3. The third-order valence-electron chi connectivity index (χ3n) is 5.95. The van der Waals surface area contributed by atoms with E-state index >= 15 is 0 Å². The van der Waals surface area contributed by atoms with E-state index in [2.05, 4.69) is 15.6 Å². The topological polar surface area (TPSA) is 97.2 Å². The van der Waals surface area contributed by atoms with E-state index in [9.17, 15) is 14.4 Å². The van der Waals surface area contributed by atoms with Crippen molar-refractivity contribution in [3.8, 4) is 22.5 Å². The molecule has 1 unspecified atom stereocenters. The van der Waals surface area contributed by atoms with Gasteiger partial charge in [-0.2, -0.15) is 0 Å². The molecule has 0 aliphatic carbocycles. The standard InChI is InChI=1S/C23H21N5O3/c1-13-3-5-14(6-4-13)21-20(25-26-27(21)2)15-7-8-17-16(11-15)12-28(23(17)31)18-9-10-19(29)24-22(18)30/h3-8,11,18H,9-10,12H2,1-2H3,(H,24,29,30). The number of imide groups is 1. The minimum Gasteiger partial charge on any atom is -0.322 e. The minimum atomic E-state index is -0.624. The van der Waals surface area contributed by atoms with E-state index in [-0.39, 0.29) is 18.2 Å². The number of aryl methyl sites for hydroxylation is 2. The summed E-state index contributed by atoms with van der Waals surface area (Å²) >= 11 is 0. The highest BCUT2D eigenvalue weighted by Gasteiger charge is 2.39. The van der Waals surface area contributed by atoms with Gasteiger partial charge in [-0.1, -0.05) is 41.1 Å². The van der Waals surface area contributed by atoms with E-state index in [0.717, 1.165) is 28.1 Å². The van der Waals surface area contributed by atoms with Crippen LogP contribution in [0.1, 0.15) is 34.3 Å². The average Bonchev–Trinajstić information content (AvgIpc) is 3.28. The van der Waals surface area contributed by atoms with Gasteiger partial charge in [0.1, 0.15) is 11.7 Å². The second kappa shape index (κ2) is 7.16. The number of carbonyl (C=O) groups excluding carboxylic acids is 3. The normalized spacial score (nSPS) is 18.3. The number of hydrogen-bond acceptors (Lipinski definition) is 5. The molecule has 1 aromatic heterocycles. The average molecular weight is 415 g/mol. The monoisotopic (exact) mass is 415 g/mol. The SMILES string of the molecule is Cc1ccc(-c2c(-c3ccc4c(c3)CN(C3CCC(=O)NC3=O)C4=O)nnn2C)cc1. The van der Waals surface area contributed by atoms with Crippen LogP contribution in [0, 0.1) is 6.92 Å². The third-order valence-corrected chi connectivity index (χ3v) is 5.95. The molecule has 1 atom stereocenters. The lowest BCUT2D eigenvalue weighted by Gasteiger charge is -2.29. The van der Waals surface area contributed by atoms with Gasteiger partial charge in [0.05, 0.1) is 5.69 Å². The molecule has 0 bridgehead atoms. The summed E-state index contributed by atoms with van der Waals surface area (Å²) in [6, 6.07) is 13.1. The lowest BCUT2D eigenvalue weighted by molar-refractivity contribution is -0.136. The third kappa shape index (κ3) is 3.20. The molecule has 2 aliphatic heterocycles. The Hall–Kier alpha value is -3.81. The molecule has 1 saturated heterocycles. The Bertz CT molecular complexity index is 1230. The summed E-state index contributed by atoms with van der Waals surface area (Å²) in [6.07, 6.45) is 0.584. The largest absolute Gasteiger partial charge is 0.322 e. The highest BCUT2D eigenvalue weighted by molar-refractivity contribution is 6.05. The molecule has 8 heteroatoms. The molecule has 8 nitrogen and oxygen atoms in total. The summed E-state index contributed by atoms with van der Waals surface area (Å²) < 4.78 is 1.74. The van der Waals surface area contributed by atoms with Crippen molar-refractivity contribution in [2.24, 2.45) is 7.05 Å². The Morgan fingerprint density at radius 3 is 2.52 bits per heavy atom. The summed E-state index contributed by atoms with van der Waals surface area (Å²) in [5.74, 6) is -0.888. The molecule has 0 saturated carbocycles. The lowest BCUT2D eigenvalue weighted by atomic mass is 10.00. The smallest absolute Gasteiger partial charge is 0.255 e. The second-order valence-corrected chi connectivity index (χ2v) is 8.05. The van der Waals surface area contributed by atoms with Crippen molar-refractivity contribution in [2.45, 2.75) is 32.4 Å². The fourth-order valence-corrected chi connectivity index (χ4v) is 4.31. The molecule has 3 amide bonds. The number of nitrogens with one attached hydrogen (secondary N) is 1. The number of carbonyl (C=O) groups is 3. The van der Waals surface area contributed by atoms with E-state index in [4.69, 9.17) is 0 Å². The van der Waals surface area contributed by atoms with Crippen LogP contribution in [0.5, 0.6) is 0 Å². The second-order valence-electron chi connectivity index (χ2n) is 8.05. The first-order valence-corrected chi connectivity index (χ1v) is 10.2. The fraction of sp³-hybridized carbons (Fsp3) is 0.261. The number of fused-ring (bicyclic) bond motifs is 1. The Morgan fingerprint density at radius 1 is 1.03 bits per heavy atom. The van der Waals surface area contributed by atoms with E-state index in [1.54, 1.807) is 15.6 Å². The van der Waals surface area contributed by atoms with Gasteiger partial charge in [0, 0.05) is 36.7 Å². The minimum absolute atomic E-state index is 0.186. The van der Waals surface area contributed by atoms with Gasteiger partial charge >= 0.3 is 0 Å². The Balaban J connectivity index is 1.49. The number of amides is 3. The molecule has 0 spiro atoms. The van der Waals surface area contributed by atoms with Crippen molar-refractivity contribution >= 4 is 17.7 Å². The van der Waals surface area contributed by atoms with Crippen LogP contribution in [0.25, 0.3) is 22.5 Å². The van der Waals surface area contributed by atoms with Gasteiger partial charge in [-0.05, 0) is 31.0 Å². The summed E-state index contributed by atoms with van der Waals surface area (Å²) in [5.41, 5.74) is 6.09. The molecular formula is C23H21N5O3. The maximum absolute atomic E-state index is 12.9. The molecule has 0 radical (unpaired) electrons. The fourth-order valence-electron chi connectivity index (χ4n) is 4.31. The van der Waals surface area contributed by atoms with Gasteiger partial charge in [0.2, 0.25) is 11.8 Å². The maximum Gasteiger partial charge on any atom is 0.255 e. The van der Waals surface area contributed by atoms with Gasteiger partial charge in [0.15, 0.2) is 0 Å². The van der Waals surface area contributed by atoms with Gasteiger partial charge in [-0.3, -0.25) is 19.7 Å². The van der Waals surface area contributed by atoms with Crippen LogP contribution in [0.15, 0.2) is 42.5 Å². The molecule has 3 aromatic rings. The van der Waals surface area contributed by atoms with Crippen LogP contribution in [-0.2, 0) is 23.2 Å². The highest BCUT2D eigenvalue weighted by atomic mass is 16.2. The zero-order chi connectivity index (χ0) is 21.7. The Morgan fingerprint density at radius 2 is 1.77 bits per heavy atom. The van der Waals surface area contributed by atoms with Crippen LogP contribution in [0.2, 0.25) is 0 Å². The van der Waals surface area contributed by atoms with Crippen LogP contribution in [0.4, 0.5) is 0 Å². The number of hydrogen-bond donors (Lipinski definition) is 1. The summed E-state index contributed by atoms with van der Waals surface area (Å²) in [5, 5.41) is 10.9. The molecule has 2 aliphatic rings. The van der Waals surface area contributed by atoms with Crippen molar-refractivity contribution in [1.82, 2.24) is 25.2 Å². The van der Waals surface area contributed by atoms with Crippen LogP contribution >= 0.6 is 0 Å².